The van der Waals surface area contributed by atoms with Crippen molar-refractivity contribution in [1.29, 1.82) is 0 Å². The highest BCUT2D eigenvalue weighted by molar-refractivity contribution is 7.99. The van der Waals surface area contributed by atoms with Crippen molar-refractivity contribution in [2.75, 3.05) is 5.75 Å². The van der Waals surface area contributed by atoms with Crippen LogP contribution in [0, 0.1) is 13.8 Å². The van der Waals surface area contributed by atoms with Gasteiger partial charge >= 0.3 is 0 Å². The highest BCUT2D eigenvalue weighted by atomic mass is 32.2. The maximum absolute atomic E-state index is 11.8. The van der Waals surface area contributed by atoms with Crippen molar-refractivity contribution >= 4 is 23.4 Å². The first-order chi connectivity index (χ1) is 11.0. The van der Waals surface area contributed by atoms with Crippen LogP contribution in [0.25, 0.3) is 0 Å². The van der Waals surface area contributed by atoms with Crippen LogP contribution in [0.2, 0.25) is 0 Å². The number of aryl methyl sites for hydroxylation is 2. The fourth-order valence-corrected chi connectivity index (χ4v) is 2.81. The van der Waals surface area contributed by atoms with Crippen molar-refractivity contribution in [3.8, 4) is 0 Å². The Bertz CT molecular complexity index is 676. The molecule has 0 saturated heterocycles. The molecular formula is C19H22N2OS. The summed E-state index contributed by atoms with van der Waals surface area (Å²) < 4.78 is 0. The largest absolute Gasteiger partial charge is 0.273 e. The molecule has 1 N–H and O–H groups in total. The molecule has 0 atom stereocenters. The van der Waals surface area contributed by atoms with E-state index >= 15 is 0 Å². The van der Waals surface area contributed by atoms with E-state index in [0.717, 1.165) is 17.0 Å². The zero-order valence-electron chi connectivity index (χ0n) is 13.8. The van der Waals surface area contributed by atoms with E-state index < -0.39 is 0 Å². The van der Waals surface area contributed by atoms with E-state index in [4.69, 9.17) is 0 Å². The van der Waals surface area contributed by atoms with Gasteiger partial charge in [-0.3, -0.25) is 4.79 Å². The van der Waals surface area contributed by atoms with Crippen molar-refractivity contribution in [2.45, 2.75) is 32.1 Å². The molecule has 2 aromatic rings. The van der Waals surface area contributed by atoms with Gasteiger partial charge in [-0.05, 0) is 38.5 Å². The molecule has 0 saturated carbocycles. The second-order valence-electron chi connectivity index (χ2n) is 5.51. The number of hydrogen-bond acceptors (Lipinski definition) is 3. The highest BCUT2D eigenvalue weighted by Gasteiger charge is 2.02. The maximum atomic E-state index is 11.8. The fourth-order valence-electron chi connectivity index (χ4n) is 1.96. The molecule has 0 fully saturated rings. The highest BCUT2D eigenvalue weighted by Crippen LogP contribution is 2.18. The smallest absolute Gasteiger partial charge is 0.240 e. The third kappa shape index (κ3) is 5.91. The Balaban J connectivity index is 1.77. The molecule has 0 bridgehead atoms. The molecular weight excluding hydrogens is 304 g/mol. The number of thioether (sulfide) groups is 1. The summed E-state index contributed by atoms with van der Waals surface area (Å²) >= 11 is 1.68. The summed E-state index contributed by atoms with van der Waals surface area (Å²) in [4.78, 5) is 13.0. The molecule has 2 rings (SSSR count). The normalized spacial score (nSPS) is 11.3. The van der Waals surface area contributed by atoms with Crippen molar-refractivity contribution in [1.82, 2.24) is 5.43 Å². The topological polar surface area (TPSA) is 41.5 Å². The van der Waals surface area contributed by atoms with Crippen molar-refractivity contribution in [3.05, 3.63) is 65.2 Å². The zero-order chi connectivity index (χ0) is 16.7. The lowest BCUT2D eigenvalue weighted by atomic mass is 10.1. The lowest BCUT2D eigenvalue weighted by Crippen LogP contribution is -2.19. The Hall–Kier alpha value is -2.07. The molecule has 23 heavy (non-hydrogen) atoms. The summed E-state index contributed by atoms with van der Waals surface area (Å²) in [6.45, 7) is 6.01. The molecule has 3 nitrogen and oxygen atoms in total. The first-order valence-electron chi connectivity index (χ1n) is 7.64. The van der Waals surface area contributed by atoms with Gasteiger partial charge in [-0.2, -0.15) is 5.10 Å². The van der Waals surface area contributed by atoms with E-state index in [1.807, 2.05) is 38.1 Å². The average molecular weight is 326 g/mol. The molecule has 1 amide bonds. The Morgan fingerprint density at radius 2 is 1.57 bits per heavy atom. The lowest BCUT2D eigenvalue weighted by molar-refractivity contribution is -0.120. The number of nitrogens with zero attached hydrogens (tertiary/aromatic N) is 1. The minimum absolute atomic E-state index is 0.0592. The van der Waals surface area contributed by atoms with Crippen LogP contribution in [-0.2, 0) is 4.79 Å². The van der Waals surface area contributed by atoms with Gasteiger partial charge in [-0.25, -0.2) is 5.43 Å². The Labute approximate surface area is 142 Å². The summed E-state index contributed by atoms with van der Waals surface area (Å²) in [5.74, 6) is 0.685. The van der Waals surface area contributed by atoms with Crippen LogP contribution in [0.15, 0.2) is 58.5 Å². The molecule has 0 radical (unpaired) electrons. The predicted octanol–water partition coefficient (Wildman–Crippen LogP) is 4.33. The lowest BCUT2D eigenvalue weighted by Gasteiger charge is -2.04. The maximum Gasteiger partial charge on any atom is 0.240 e. The molecule has 120 valence electrons. The Morgan fingerprint density at radius 1 is 1.00 bits per heavy atom. The summed E-state index contributed by atoms with van der Waals surface area (Å²) in [6.07, 6.45) is 0.448. The quantitative estimate of drug-likeness (QED) is 0.488. The minimum atomic E-state index is -0.0592. The van der Waals surface area contributed by atoms with E-state index in [1.165, 1.54) is 16.0 Å². The SMILES string of the molecule is C/C(=N/NC(=O)CCSc1ccc(C)cc1)c1ccc(C)cc1. The van der Waals surface area contributed by atoms with E-state index in [2.05, 4.69) is 41.7 Å². The summed E-state index contributed by atoms with van der Waals surface area (Å²) in [5.41, 5.74) is 6.91. The van der Waals surface area contributed by atoms with Gasteiger partial charge in [0.15, 0.2) is 0 Å². The monoisotopic (exact) mass is 326 g/mol. The standard InChI is InChI=1S/C19H22N2OS/c1-14-4-8-17(9-5-14)16(3)20-21-19(22)12-13-23-18-10-6-15(2)7-11-18/h4-11H,12-13H2,1-3H3,(H,21,22)/b20-16-. The van der Waals surface area contributed by atoms with Gasteiger partial charge in [-0.1, -0.05) is 47.5 Å². The first kappa shape index (κ1) is 17.3. The second kappa shape index (κ2) is 8.53. The second-order valence-corrected chi connectivity index (χ2v) is 6.68. The van der Waals surface area contributed by atoms with Gasteiger partial charge in [0.25, 0.3) is 0 Å². The number of amides is 1. The summed E-state index contributed by atoms with van der Waals surface area (Å²) in [7, 11) is 0. The van der Waals surface area contributed by atoms with Crippen molar-refractivity contribution in [3.63, 3.8) is 0 Å². The molecule has 0 aromatic heterocycles. The number of benzene rings is 2. The van der Waals surface area contributed by atoms with Crippen molar-refractivity contribution < 1.29 is 4.79 Å². The Kier molecular flexibility index (Phi) is 6.41. The molecule has 0 aliphatic carbocycles. The van der Waals surface area contributed by atoms with Gasteiger partial charge in [0, 0.05) is 17.1 Å². The number of hydrazone groups is 1. The van der Waals surface area contributed by atoms with Crippen LogP contribution in [0.3, 0.4) is 0 Å². The molecule has 2 aromatic carbocycles. The number of carbonyl (C=O) groups excluding carboxylic acids is 1. The van der Waals surface area contributed by atoms with Crippen LogP contribution in [0.1, 0.15) is 30.0 Å². The molecule has 4 heteroatoms. The van der Waals surface area contributed by atoms with Gasteiger partial charge < -0.3 is 0 Å². The van der Waals surface area contributed by atoms with E-state index in [9.17, 15) is 4.79 Å². The number of hydrogen-bond donors (Lipinski definition) is 1. The van der Waals surface area contributed by atoms with Crippen LogP contribution in [0.4, 0.5) is 0 Å². The van der Waals surface area contributed by atoms with Crippen molar-refractivity contribution in [2.24, 2.45) is 5.10 Å². The van der Waals surface area contributed by atoms with E-state index in [0.29, 0.717) is 6.42 Å². The number of nitrogens with one attached hydrogen (secondary N) is 1. The van der Waals surface area contributed by atoms with E-state index in [-0.39, 0.29) is 5.91 Å². The fraction of sp³-hybridized carbons (Fsp3) is 0.263. The average Bonchev–Trinajstić information content (AvgIpc) is 2.55. The van der Waals surface area contributed by atoms with Gasteiger partial charge in [0.1, 0.15) is 0 Å². The molecule has 0 spiro atoms. The third-order valence-corrected chi connectivity index (χ3v) is 4.45. The van der Waals surface area contributed by atoms with Crippen LogP contribution in [0.5, 0.6) is 0 Å². The molecule has 0 aliphatic rings. The first-order valence-corrected chi connectivity index (χ1v) is 8.63. The summed E-state index contributed by atoms with van der Waals surface area (Å²) in [6, 6.07) is 16.4. The zero-order valence-corrected chi connectivity index (χ0v) is 14.6. The van der Waals surface area contributed by atoms with Gasteiger partial charge in [-0.15, -0.1) is 11.8 Å². The van der Waals surface area contributed by atoms with Crippen LogP contribution >= 0.6 is 11.8 Å². The van der Waals surface area contributed by atoms with Crippen LogP contribution < -0.4 is 5.43 Å². The summed E-state index contributed by atoms with van der Waals surface area (Å²) in [5, 5.41) is 4.17. The minimum Gasteiger partial charge on any atom is -0.273 e. The van der Waals surface area contributed by atoms with Gasteiger partial charge in [0.2, 0.25) is 5.91 Å². The third-order valence-electron chi connectivity index (χ3n) is 3.44. The van der Waals surface area contributed by atoms with Gasteiger partial charge in [0.05, 0.1) is 5.71 Å². The number of rotatable bonds is 6. The molecule has 0 aliphatic heterocycles. The Morgan fingerprint density at radius 3 is 2.17 bits per heavy atom. The predicted molar refractivity (Wildman–Crippen MR) is 98.1 cm³/mol. The number of carbonyl (C=O) groups is 1. The molecule has 0 unspecified atom stereocenters. The van der Waals surface area contributed by atoms with E-state index in [1.54, 1.807) is 11.8 Å². The molecule has 0 heterocycles. The van der Waals surface area contributed by atoms with Crippen LogP contribution in [-0.4, -0.2) is 17.4 Å².